The summed E-state index contributed by atoms with van der Waals surface area (Å²) in [7, 11) is -0.715. The zero-order valence-corrected chi connectivity index (χ0v) is 9.69. The minimum absolute atomic E-state index is 0.113. The maximum Gasteiger partial charge on any atom is 0.0504 e. The fourth-order valence-corrected chi connectivity index (χ4v) is 3.67. The first-order valence-electron chi connectivity index (χ1n) is 5.12. The zero-order chi connectivity index (χ0) is 10.1. The van der Waals surface area contributed by atoms with Crippen molar-refractivity contribution in [1.29, 1.82) is 0 Å². The third-order valence-corrected chi connectivity index (χ3v) is 5.01. The van der Waals surface area contributed by atoms with Gasteiger partial charge in [0.25, 0.3) is 0 Å². The van der Waals surface area contributed by atoms with Gasteiger partial charge in [0.2, 0.25) is 0 Å². The van der Waals surface area contributed by atoms with E-state index in [4.69, 9.17) is 5.73 Å². The zero-order valence-electron chi connectivity index (χ0n) is 8.88. The first-order chi connectivity index (χ1) is 5.99. The van der Waals surface area contributed by atoms with Crippen molar-refractivity contribution in [2.24, 2.45) is 11.1 Å². The van der Waals surface area contributed by atoms with E-state index in [2.05, 4.69) is 13.8 Å². The Kier molecular flexibility index (Phi) is 3.52. The Hall–Kier alpha value is 0.110. The van der Waals surface area contributed by atoms with E-state index in [-0.39, 0.29) is 16.7 Å². The highest BCUT2D eigenvalue weighted by Crippen LogP contribution is 2.36. The molecule has 0 bridgehead atoms. The van der Waals surface area contributed by atoms with Crippen LogP contribution < -0.4 is 5.73 Å². The van der Waals surface area contributed by atoms with E-state index in [0.29, 0.717) is 0 Å². The predicted molar refractivity (Wildman–Crippen MR) is 58.1 cm³/mol. The fourth-order valence-electron chi connectivity index (χ4n) is 2.12. The molecule has 2 N–H and O–H groups in total. The molecule has 3 heteroatoms. The lowest BCUT2D eigenvalue weighted by molar-refractivity contribution is 0.206. The molecule has 0 radical (unpaired) electrons. The molecule has 2 nitrogen and oxygen atoms in total. The Labute approximate surface area is 83.7 Å². The van der Waals surface area contributed by atoms with Crippen molar-refractivity contribution < 1.29 is 4.21 Å². The Morgan fingerprint density at radius 3 is 2.69 bits per heavy atom. The summed E-state index contributed by atoms with van der Waals surface area (Å²) in [5.41, 5.74) is 6.31. The van der Waals surface area contributed by atoms with Crippen LogP contribution in [0, 0.1) is 5.41 Å². The van der Waals surface area contributed by atoms with Gasteiger partial charge in [-0.25, -0.2) is 0 Å². The summed E-state index contributed by atoms with van der Waals surface area (Å²) >= 11 is 0. The standard InChI is InChI=1S/C10H21NOS/c1-4-13(12)8-6-5-7-10(2,3)9(8)11/h8-9H,4-7,11H2,1-3H3. The van der Waals surface area contributed by atoms with Crippen molar-refractivity contribution in [2.45, 2.75) is 51.3 Å². The van der Waals surface area contributed by atoms with Gasteiger partial charge in [-0.3, -0.25) is 4.21 Å². The quantitative estimate of drug-likeness (QED) is 0.741. The van der Waals surface area contributed by atoms with E-state index >= 15 is 0 Å². The summed E-state index contributed by atoms with van der Waals surface area (Å²) in [6.07, 6.45) is 3.40. The molecule has 1 aliphatic rings. The third-order valence-electron chi connectivity index (χ3n) is 3.23. The Bertz CT molecular complexity index is 203. The van der Waals surface area contributed by atoms with Crippen LogP contribution in [0.15, 0.2) is 0 Å². The first-order valence-corrected chi connectivity index (χ1v) is 6.50. The van der Waals surface area contributed by atoms with Crippen LogP contribution >= 0.6 is 0 Å². The molecule has 3 atom stereocenters. The lowest BCUT2D eigenvalue weighted by Gasteiger charge is -2.41. The molecule has 0 amide bonds. The Balaban J connectivity index is 2.71. The van der Waals surface area contributed by atoms with Crippen LogP contribution in [-0.2, 0) is 10.8 Å². The third kappa shape index (κ3) is 2.32. The Morgan fingerprint density at radius 1 is 1.54 bits per heavy atom. The number of hydrogen-bond donors (Lipinski definition) is 1. The molecule has 0 saturated heterocycles. The molecule has 1 saturated carbocycles. The van der Waals surface area contributed by atoms with Gasteiger partial charge in [0.1, 0.15) is 0 Å². The van der Waals surface area contributed by atoms with Crippen molar-refractivity contribution in [3.05, 3.63) is 0 Å². The van der Waals surface area contributed by atoms with Gasteiger partial charge in [-0.15, -0.1) is 0 Å². The summed E-state index contributed by atoms with van der Waals surface area (Å²) in [5.74, 6) is 0.744. The van der Waals surface area contributed by atoms with Crippen LogP contribution in [0.25, 0.3) is 0 Å². The minimum atomic E-state index is -0.715. The average Bonchev–Trinajstić information content (AvgIpc) is 2.08. The van der Waals surface area contributed by atoms with E-state index in [1.165, 1.54) is 12.8 Å². The first kappa shape index (κ1) is 11.2. The largest absolute Gasteiger partial charge is 0.326 e. The van der Waals surface area contributed by atoms with Crippen LogP contribution in [0.3, 0.4) is 0 Å². The topological polar surface area (TPSA) is 43.1 Å². The van der Waals surface area contributed by atoms with Crippen LogP contribution in [0.1, 0.15) is 40.0 Å². The molecular formula is C10H21NOS. The van der Waals surface area contributed by atoms with Gasteiger partial charge in [0, 0.05) is 22.6 Å². The average molecular weight is 203 g/mol. The van der Waals surface area contributed by atoms with Gasteiger partial charge in [0.15, 0.2) is 0 Å². The van der Waals surface area contributed by atoms with E-state index in [1.807, 2.05) is 6.92 Å². The maximum absolute atomic E-state index is 11.7. The molecule has 78 valence electrons. The number of nitrogens with two attached hydrogens (primary N) is 1. The van der Waals surface area contributed by atoms with E-state index in [0.717, 1.165) is 12.2 Å². The summed E-state index contributed by atoms with van der Waals surface area (Å²) in [4.78, 5) is 0. The van der Waals surface area contributed by atoms with Crippen LogP contribution in [-0.4, -0.2) is 21.3 Å². The minimum Gasteiger partial charge on any atom is -0.326 e. The van der Waals surface area contributed by atoms with Crippen molar-refractivity contribution in [1.82, 2.24) is 0 Å². The maximum atomic E-state index is 11.7. The molecule has 3 unspecified atom stereocenters. The smallest absolute Gasteiger partial charge is 0.0504 e. The second-order valence-corrected chi connectivity index (χ2v) is 6.56. The second-order valence-electron chi connectivity index (χ2n) is 4.61. The van der Waals surface area contributed by atoms with Gasteiger partial charge >= 0.3 is 0 Å². The van der Waals surface area contributed by atoms with Gasteiger partial charge in [-0.05, 0) is 18.3 Å². The Morgan fingerprint density at radius 2 is 2.15 bits per heavy atom. The van der Waals surface area contributed by atoms with Gasteiger partial charge in [0.05, 0.1) is 5.25 Å². The van der Waals surface area contributed by atoms with Crippen LogP contribution in [0.2, 0.25) is 0 Å². The lowest BCUT2D eigenvalue weighted by Crippen LogP contribution is -2.51. The second kappa shape index (κ2) is 4.09. The molecule has 0 spiro atoms. The molecule has 1 rings (SSSR count). The highest BCUT2D eigenvalue weighted by atomic mass is 32.2. The fraction of sp³-hybridized carbons (Fsp3) is 1.00. The van der Waals surface area contributed by atoms with Crippen molar-refractivity contribution in [2.75, 3.05) is 5.75 Å². The summed E-state index contributed by atoms with van der Waals surface area (Å²) in [6.45, 7) is 6.36. The molecule has 0 heterocycles. The molecule has 1 fully saturated rings. The van der Waals surface area contributed by atoms with Gasteiger partial charge in [-0.2, -0.15) is 0 Å². The summed E-state index contributed by atoms with van der Waals surface area (Å²) in [6, 6.07) is 0.113. The normalized spacial score (nSPS) is 35.7. The molecule has 0 aromatic rings. The van der Waals surface area contributed by atoms with E-state index in [1.54, 1.807) is 0 Å². The molecule has 0 aromatic heterocycles. The highest BCUT2D eigenvalue weighted by molar-refractivity contribution is 7.85. The van der Waals surface area contributed by atoms with E-state index in [9.17, 15) is 4.21 Å². The SMILES string of the molecule is CCS(=O)C1CCCC(C)(C)C1N. The number of rotatable bonds is 2. The highest BCUT2D eigenvalue weighted by Gasteiger charge is 2.38. The van der Waals surface area contributed by atoms with Crippen LogP contribution in [0.4, 0.5) is 0 Å². The molecule has 13 heavy (non-hydrogen) atoms. The molecule has 0 aromatic carbocycles. The van der Waals surface area contributed by atoms with E-state index < -0.39 is 10.8 Å². The monoisotopic (exact) mass is 203 g/mol. The molecule has 1 aliphatic carbocycles. The van der Waals surface area contributed by atoms with Crippen molar-refractivity contribution in [3.63, 3.8) is 0 Å². The summed E-state index contributed by atoms with van der Waals surface area (Å²) < 4.78 is 11.7. The van der Waals surface area contributed by atoms with Gasteiger partial charge in [-0.1, -0.05) is 27.2 Å². The van der Waals surface area contributed by atoms with Crippen molar-refractivity contribution >= 4 is 10.8 Å². The molecule has 0 aliphatic heterocycles. The van der Waals surface area contributed by atoms with Gasteiger partial charge < -0.3 is 5.73 Å². The number of hydrogen-bond acceptors (Lipinski definition) is 2. The summed E-state index contributed by atoms with van der Waals surface area (Å²) in [5, 5.41) is 0.230. The van der Waals surface area contributed by atoms with Crippen LogP contribution in [0.5, 0.6) is 0 Å². The lowest BCUT2D eigenvalue weighted by atomic mass is 9.73. The van der Waals surface area contributed by atoms with Crippen molar-refractivity contribution in [3.8, 4) is 0 Å². The molecular weight excluding hydrogens is 182 g/mol. The predicted octanol–water partition coefficient (Wildman–Crippen LogP) is 1.66.